The molecule has 32 heavy (non-hydrogen) atoms. The van der Waals surface area contributed by atoms with E-state index < -0.39 is 10.0 Å². The summed E-state index contributed by atoms with van der Waals surface area (Å²) in [5.41, 5.74) is 1.73. The van der Waals surface area contributed by atoms with E-state index in [9.17, 15) is 8.42 Å². The van der Waals surface area contributed by atoms with Crippen molar-refractivity contribution >= 4 is 26.9 Å². The number of hydrogen-bond donors (Lipinski definition) is 1. The van der Waals surface area contributed by atoms with Gasteiger partial charge in [0.05, 0.1) is 31.2 Å². The highest BCUT2D eigenvalue weighted by Crippen LogP contribution is 2.28. The van der Waals surface area contributed by atoms with Crippen LogP contribution in [0.3, 0.4) is 0 Å². The molecule has 0 unspecified atom stereocenters. The molecule has 4 heterocycles. The number of sulfonamides is 1. The molecule has 3 aromatic rings. The van der Waals surface area contributed by atoms with Gasteiger partial charge in [0.2, 0.25) is 16.0 Å². The Labute approximate surface area is 185 Å². The average Bonchev–Trinajstić information content (AvgIpc) is 3.28. The number of piperidine rings is 1. The number of rotatable bonds is 5. The highest BCUT2D eigenvalue weighted by Gasteiger charge is 2.27. The fourth-order valence-corrected chi connectivity index (χ4v) is 4.89. The van der Waals surface area contributed by atoms with Gasteiger partial charge < -0.3 is 14.4 Å². The monoisotopic (exact) mass is 459 g/mol. The molecule has 2 saturated heterocycles. The molecule has 0 bridgehead atoms. The Bertz CT molecular complexity index is 1200. The molecule has 1 N–H and O–H groups in total. The Kier molecular flexibility index (Phi) is 5.66. The Morgan fingerprint density at radius 3 is 2.62 bits per heavy atom. The van der Waals surface area contributed by atoms with E-state index in [1.54, 1.807) is 6.20 Å². The first kappa shape index (κ1) is 21.0. The van der Waals surface area contributed by atoms with Crippen LogP contribution in [0.15, 0.2) is 24.4 Å². The van der Waals surface area contributed by atoms with Crippen LogP contribution in [0, 0.1) is 0 Å². The molecule has 5 rings (SSSR count). The number of anilines is 1. The van der Waals surface area contributed by atoms with E-state index in [0.29, 0.717) is 64.0 Å². The van der Waals surface area contributed by atoms with Crippen LogP contribution in [0.2, 0.25) is 0 Å². The molecule has 0 spiro atoms. The summed E-state index contributed by atoms with van der Waals surface area (Å²) in [4.78, 5) is 16.0. The number of aromatic amines is 1. The molecule has 2 aliphatic rings. The van der Waals surface area contributed by atoms with Crippen molar-refractivity contribution in [2.75, 3.05) is 50.5 Å². The van der Waals surface area contributed by atoms with E-state index in [0.717, 1.165) is 16.5 Å². The number of aromatic nitrogens is 5. The van der Waals surface area contributed by atoms with Crippen molar-refractivity contribution in [1.29, 1.82) is 0 Å². The number of nitrogens with one attached hydrogen (secondary N) is 1. The van der Waals surface area contributed by atoms with Crippen molar-refractivity contribution in [2.45, 2.75) is 18.9 Å². The third-order valence-electron chi connectivity index (χ3n) is 5.76. The Morgan fingerprint density at radius 2 is 1.88 bits per heavy atom. The molecule has 2 fully saturated rings. The average molecular weight is 460 g/mol. The van der Waals surface area contributed by atoms with Gasteiger partial charge in [-0.1, -0.05) is 12.1 Å². The van der Waals surface area contributed by atoms with Crippen molar-refractivity contribution < 1.29 is 17.9 Å². The van der Waals surface area contributed by atoms with Crippen LogP contribution in [0.5, 0.6) is 6.01 Å². The molecular formula is C20H25N7O4S. The van der Waals surface area contributed by atoms with E-state index in [1.807, 2.05) is 18.2 Å². The highest BCUT2D eigenvalue weighted by atomic mass is 32.2. The summed E-state index contributed by atoms with van der Waals surface area (Å²) >= 11 is 0. The zero-order valence-electron chi connectivity index (χ0n) is 17.8. The van der Waals surface area contributed by atoms with Gasteiger partial charge in [0.15, 0.2) is 5.82 Å². The molecule has 0 aliphatic carbocycles. The lowest BCUT2D eigenvalue weighted by molar-refractivity contribution is 0.119. The summed E-state index contributed by atoms with van der Waals surface area (Å²) in [6.07, 6.45) is 3.99. The summed E-state index contributed by atoms with van der Waals surface area (Å²) in [7, 11) is -3.19. The van der Waals surface area contributed by atoms with E-state index in [1.165, 1.54) is 10.6 Å². The third kappa shape index (κ3) is 4.38. The van der Waals surface area contributed by atoms with Crippen molar-refractivity contribution in [3.05, 3.63) is 24.4 Å². The number of ether oxygens (including phenoxy) is 2. The minimum atomic E-state index is -3.19. The minimum Gasteiger partial charge on any atom is -0.460 e. The zero-order valence-corrected chi connectivity index (χ0v) is 18.6. The van der Waals surface area contributed by atoms with Crippen molar-refractivity contribution in [3.8, 4) is 17.4 Å². The summed E-state index contributed by atoms with van der Waals surface area (Å²) in [5.74, 6) is 1.06. The van der Waals surface area contributed by atoms with Gasteiger partial charge >= 0.3 is 6.01 Å². The summed E-state index contributed by atoms with van der Waals surface area (Å²) in [5, 5.41) is 8.02. The summed E-state index contributed by atoms with van der Waals surface area (Å²) < 4.78 is 36.6. The van der Waals surface area contributed by atoms with E-state index in [4.69, 9.17) is 14.5 Å². The fourth-order valence-electron chi connectivity index (χ4n) is 4.02. The van der Waals surface area contributed by atoms with Gasteiger partial charge in [-0.3, -0.25) is 5.10 Å². The lowest BCUT2D eigenvalue weighted by atomic mass is 10.1. The van der Waals surface area contributed by atoms with Gasteiger partial charge in [0.1, 0.15) is 6.10 Å². The van der Waals surface area contributed by atoms with E-state index in [-0.39, 0.29) is 12.1 Å². The summed E-state index contributed by atoms with van der Waals surface area (Å²) in [6, 6.07) is 6.07. The number of morpholine rings is 1. The number of fused-ring (bicyclic) bond motifs is 1. The van der Waals surface area contributed by atoms with Gasteiger partial charge in [0, 0.05) is 37.1 Å². The van der Waals surface area contributed by atoms with E-state index >= 15 is 0 Å². The number of nitrogens with zero attached hydrogens (tertiary/aromatic N) is 6. The van der Waals surface area contributed by atoms with Crippen LogP contribution >= 0.6 is 0 Å². The maximum atomic E-state index is 11.8. The molecular weight excluding hydrogens is 434 g/mol. The maximum Gasteiger partial charge on any atom is 0.322 e. The highest BCUT2D eigenvalue weighted by molar-refractivity contribution is 7.88. The number of benzene rings is 1. The second-order valence-electron chi connectivity index (χ2n) is 7.96. The predicted molar refractivity (Wildman–Crippen MR) is 118 cm³/mol. The Balaban J connectivity index is 1.45. The first-order chi connectivity index (χ1) is 15.5. The molecule has 170 valence electrons. The minimum absolute atomic E-state index is 0.162. The normalized spacial score (nSPS) is 18.8. The first-order valence-corrected chi connectivity index (χ1v) is 12.5. The Morgan fingerprint density at radius 1 is 1.09 bits per heavy atom. The fraction of sp³-hybridized carbons (Fsp3) is 0.500. The van der Waals surface area contributed by atoms with Crippen LogP contribution in [0.25, 0.3) is 22.3 Å². The molecule has 11 nitrogen and oxygen atoms in total. The van der Waals surface area contributed by atoms with Crippen LogP contribution < -0.4 is 9.64 Å². The largest absolute Gasteiger partial charge is 0.460 e. The Hall–Kier alpha value is -2.83. The molecule has 2 aliphatic heterocycles. The quantitative estimate of drug-likeness (QED) is 0.596. The third-order valence-corrected chi connectivity index (χ3v) is 7.07. The second-order valence-corrected chi connectivity index (χ2v) is 9.94. The lowest BCUT2D eigenvalue weighted by Gasteiger charge is -2.30. The smallest absolute Gasteiger partial charge is 0.322 e. The van der Waals surface area contributed by atoms with Gasteiger partial charge in [-0.15, -0.1) is 0 Å². The number of H-pyrrole nitrogens is 1. The SMILES string of the molecule is CS(=O)(=O)N1CCC(Oc2nc(-c3cccc4[nH]ncc34)nc(N3CCOCC3)n2)CC1. The van der Waals surface area contributed by atoms with E-state index in [2.05, 4.69) is 25.1 Å². The van der Waals surface area contributed by atoms with Gasteiger partial charge in [0.25, 0.3) is 0 Å². The molecule has 0 atom stereocenters. The predicted octanol–water partition coefficient (Wildman–Crippen LogP) is 1.05. The van der Waals surface area contributed by atoms with Crippen molar-refractivity contribution in [1.82, 2.24) is 29.5 Å². The zero-order chi connectivity index (χ0) is 22.1. The topological polar surface area (TPSA) is 126 Å². The van der Waals surface area contributed by atoms with Crippen LogP contribution in [-0.4, -0.2) is 89.6 Å². The molecule has 0 saturated carbocycles. The van der Waals surface area contributed by atoms with Crippen molar-refractivity contribution in [3.63, 3.8) is 0 Å². The maximum absolute atomic E-state index is 11.8. The standard InChI is InChI=1S/C20H25N7O4S/c1-32(28,29)27-7-5-14(6-8-27)31-20-23-18(15-3-2-4-17-16(15)13-21-25-17)22-19(24-20)26-9-11-30-12-10-26/h2-4,13-14H,5-12H2,1H3,(H,21,25). The molecule has 2 aromatic heterocycles. The van der Waals surface area contributed by atoms with Gasteiger partial charge in [-0.05, 0) is 18.9 Å². The van der Waals surface area contributed by atoms with Crippen LogP contribution in [0.4, 0.5) is 5.95 Å². The van der Waals surface area contributed by atoms with Crippen LogP contribution in [0.1, 0.15) is 12.8 Å². The first-order valence-electron chi connectivity index (χ1n) is 10.6. The van der Waals surface area contributed by atoms with Crippen LogP contribution in [-0.2, 0) is 14.8 Å². The number of hydrogen-bond acceptors (Lipinski definition) is 9. The molecule has 0 amide bonds. The second kappa shape index (κ2) is 8.60. The lowest BCUT2D eigenvalue weighted by Crippen LogP contribution is -2.41. The van der Waals surface area contributed by atoms with Gasteiger partial charge in [-0.2, -0.15) is 20.1 Å². The van der Waals surface area contributed by atoms with Gasteiger partial charge in [-0.25, -0.2) is 12.7 Å². The molecule has 12 heteroatoms. The van der Waals surface area contributed by atoms with Crippen molar-refractivity contribution in [2.24, 2.45) is 0 Å². The molecule has 1 aromatic carbocycles. The summed E-state index contributed by atoms with van der Waals surface area (Å²) in [6.45, 7) is 3.44. The molecule has 0 radical (unpaired) electrons.